The lowest BCUT2D eigenvalue weighted by molar-refractivity contribution is -0.135. The van der Waals surface area contributed by atoms with Gasteiger partial charge in [0.05, 0.1) is 13.2 Å². The molecule has 2 amide bonds. The lowest BCUT2D eigenvalue weighted by Crippen LogP contribution is -2.51. The van der Waals surface area contributed by atoms with Gasteiger partial charge in [0.15, 0.2) is 0 Å². The highest BCUT2D eigenvalue weighted by Crippen LogP contribution is 2.27. The molecular formula is C21H20N6O3. The Morgan fingerprint density at radius 3 is 2.87 bits per heavy atom. The lowest BCUT2D eigenvalue weighted by Gasteiger charge is -2.30. The molecule has 0 saturated carbocycles. The van der Waals surface area contributed by atoms with Crippen LogP contribution in [0.2, 0.25) is 0 Å². The van der Waals surface area contributed by atoms with Crippen LogP contribution in [0.15, 0.2) is 42.5 Å². The quantitative estimate of drug-likeness (QED) is 0.405. The summed E-state index contributed by atoms with van der Waals surface area (Å²) < 4.78 is 0. The summed E-state index contributed by atoms with van der Waals surface area (Å²) in [6, 6.07) is 11.9. The van der Waals surface area contributed by atoms with Crippen molar-refractivity contribution in [2.75, 3.05) is 13.2 Å². The van der Waals surface area contributed by atoms with Crippen LogP contribution in [0.3, 0.4) is 0 Å². The number of fused-ring (bicyclic) bond motifs is 4. The minimum Gasteiger partial charge on any atom is -0.394 e. The molecule has 0 spiro atoms. The molecule has 3 heterocycles. The van der Waals surface area contributed by atoms with E-state index in [1.54, 1.807) is 23.1 Å². The number of aliphatic hydroxyl groups is 1. The number of carbonyl (C=O) groups is 2. The molecule has 0 aliphatic carbocycles. The molecule has 152 valence electrons. The first-order chi connectivity index (χ1) is 14.6. The molecule has 0 bridgehead atoms. The number of aliphatic hydroxyl groups excluding tert-OH is 1. The molecule has 5 rings (SSSR count). The number of hydrogen-bond donors (Lipinski definition) is 4. The van der Waals surface area contributed by atoms with E-state index in [0.717, 1.165) is 17.6 Å². The van der Waals surface area contributed by atoms with E-state index in [9.17, 15) is 14.7 Å². The first-order valence-corrected chi connectivity index (χ1v) is 9.73. The fourth-order valence-electron chi connectivity index (χ4n) is 4.01. The summed E-state index contributed by atoms with van der Waals surface area (Å²) in [6.07, 6.45) is 0.722. The van der Waals surface area contributed by atoms with Crippen LogP contribution in [0.4, 0.5) is 0 Å². The summed E-state index contributed by atoms with van der Waals surface area (Å²) in [7, 11) is 0. The third-order valence-corrected chi connectivity index (χ3v) is 5.56. The van der Waals surface area contributed by atoms with Gasteiger partial charge in [-0.1, -0.05) is 18.2 Å². The molecule has 30 heavy (non-hydrogen) atoms. The molecule has 0 unspecified atom stereocenters. The van der Waals surface area contributed by atoms with Crippen LogP contribution in [0, 0.1) is 0 Å². The molecule has 9 nitrogen and oxygen atoms in total. The van der Waals surface area contributed by atoms with Gasteiger partial charge in [-0.25, -0.2) is 0 Å². The van der Waals surface area contributed by atoms with Crippen LogP contribution < -0.4 is 5.32 Å². The second-order valence-electron chi connectivity index (χ2n) is 7.37. The van der Waals surface area contributed by atoms with E-state index in [-0.39, 0.29) is 5.91 Å². The van der Waals surface area contributed by atoms with Crippen LogP contribution >= 0.6 is 0 Å². The van der Waals surface area contributed by atoms with Crippen LogP contribution in [-0.4, -0.2) is 61.4 Å². The van der Waals surface area contributed by atoms with Crippen molar-refractivity contribution >= 4 is 33.8 Å². The fraction of sp³-hybridized carbons (Fsp3) is 0.238. The Labute approximate surface area is 171 Å². The molecule has 2 aromatic heterocycles. The van der Waals surface area contributed by atoms with Gasteiger partial charge in [-0.05, 0) is 36.2 Å². The van der Waals surface area contributed by atoms with E-state index in [4.69, 9.17) is 0 Å². The van der Waals surface area contributed by atoms with Crippen molar-refractivity contribution in [2.24, 2.45) is 0 Å². The third kappa shape index (κ3) is 3.09. The molecule has 0 saturated heterocycles. The highest BCUT2D eigenvalue weighted by atomic mass is 16.3. The van der Waals surface area contributed by atoms with Crippen molar-refractivity contribution in [3.05, 3.63) is 59.3 Å². The van der Waals surface area contributed by atoms with Crippen molar-refractivity contribution in [1.29, 1.82) is 0 Å². The minimum atomic E-state index is -1.02. The topological polar surface area (TPSA) is 127 Å². The number of hydrogen-bond acceptors (Lipinski definition) is 5. The molecule has 9 heteroatoms. The average molecular weight is 404 g/mol. The van der Waals surface area contributed by atoms with E-state index < -0.39 is 18.6 Å². The van der Waals surface area contributed by atoms with E-state index in [2.05, 4.69) is 31.8 Å². The number of nitrogens with one attached hydrogen (secondary N) is 3. The minimum absolute atomic E-state index is 0.308. The number of aromatic nitrogens is 4. The van der Waals surface area contributed by atoms with Crippen molar-refractivity contribution in [3.8, 4) is 0 Å². The van der Waals surface area contributed by atoms with Gasteiger partial charge in [-0.2, -0.15) is 15.4 Å². The molecular weight excluding hydrogens is 384 g/mol. The second kappa shape index (κ2) is 7.27. The van der Waals surface area contributed by atoms with Gasteiger partial charge in [0.1, 0.15) is 17.1 Å². The summed E-state index contributed by atoms with van der Waals surface area (Å²) in [5.74, 6) is -0.756. The van der Waals surface area contributed by atoms with Crippen LogP contribution in [0.25, 0.3) is 21.9 Å². The maximum absolute atomic E-state index is 13.0. The Bertz CT molecular complexity index is 1260. The van der Waals surface area contributed by atoms with E-state index in [1.807, 2.05) is 18.2 Å². The number of rotatable bonds is 4. The third-order valence-electron chi connectivity index (χ3n) is 5.56. The van der Waals surface area contributed by atoms with Crippen LogP contribution in [0.1, 0.15) is 21.6 Å². The van der Waals surface area contributed by atoms with Crippen LogP contribution in [-0.2, 0) is 17.8 Å². The van der Waals surface area contributed by atoms with E-state index in [0.29, 0.717) is 29.7 Å². The standard InChI is InChI=1S/C21H20N6O3/c28-11-19(23-20(29)12-5-6-16-17(9-12)25-26-24-16)21(30)27-8-7-14-13-3-1-2-4-15(13)22-18(14)10-27/h1-6,9,19,22,28H,7-8,10-11H2,(H,23,29)(H,24,25,26)/t19-/m0/s1. The summed E-state index contributed by atoms with van der Waals surface area (Å²) >= 11 is 0. The van der Waals surface area contributed by atoms with Gasteiger partial charge in [0.25, 0.3) is 5.91 Å². The Morgan fingerprint density at radius 1 is 1.17 bits per heavy atom. The number of amides is 2. The smallest absolute Gasteiger partial charge is 0.252 e. The molecule has 1 atom stereocenters. The Balaban J connectivity index is 1.32. The summed E-state index contributed by atoms with van der Waals surface area (Å²) in [6.45, 7) is 0.470. The highest BCUT2D eigenvalue weighted by molar-refractivity contribution is 5.99. The molecule has 4 aromatic rings. The normalized spacial score (nSPS) is 14.6. The zero-order valence-corrected chi connectivity index (χ0v) is 16.1. The number of para-hydroxylation sites is 1. The monoisotopic (exact) mass is 404 g/mol. The summed E-state index contributed by atoms with van der Waals surface area (Å²) in [5, 5.41) is 24.0. The summed E-state index contributed by atoms with van der Waals surface area (Å²) in [5.41, 5.74) is 4.81. The van der Waals surface area contributed by atoms with Gasteiger partial charge >= 0.3 is 0 Å². The number of benzene rings is 2. The van der Waals surface area contributed by atoms with Gasteiger partial charge < -0.3 is 20.3 Å². The fourth-order valence-corrected chi connectivity index (χ4v) is 4.01. The molecule has 0 fully saturated rings. The van der Waals surface area contributed by atoms with Gasteiger partial charge in [-0.3, -0.25) is 9.59 Å². The maximum Gasteiger partial charge on any atom is 0.252 e. The van der Waals surface area contributed by atoms with Crippen LogP contribution in [0.5, 0.6) is 0 Å². The first kappa shape index (κ1) is 18.3. The Morgan fingerprint density at radius 2 is 2.00 bits per heavy atom. The number of carbonyl (C=O) groups excluding carboxylic acids is 2. The van der Waals surface area contributed by atoms with Crippen molar-refractivity contribution in [1.82, 2.24) is 30.6 Å². The molecule has 1 aliphatic heterocycles. The van der Waals surface area contributed by atoms with Gasteiger partial charge in [0, 0.05) is 28.7 Å². The highest BCUT2D eigenvalue weighted by Gasteiger charge is 2.29. The van der Waals surface area contributed by atoms with Crippen molar-refractivity contribution in [3.63, 3.8) is 0 Å². The Kier molecular flexibility index (Phi) is 4.44. The molecule has 0 radical (unpaired) electrons. The zero-order chi connectivity index (χ0) is 20.7. The molecule has 1 aliphatic rings. The predicted octanol–water partition coefficient (Wildman–Crippen LogP) is 1.11. The van der Waals surface area contributed by atoms with Crippen molar-refractivity contribution in [2.45, 2.75) is 19.0 Å². The number of H-pyrrole nitrogens is 2. The second-order valence-corrected chi connectivity index (χ2v) is 7.37. The average Bonchev–Trinajstić information content (AvgIpc) is 3.39. The van der Waals surface area contributed by atoms with Crippen molar-refractivity contribution < 1.29 is 14.7 Å². The first-order valence-electron chi connectivity index (χ1n) is 9.73. The molecule has 2 aromatic carbocycles. The summed E-state index contributed by atoms with van der Waals surface area (Å²) in [4.78, 5) is 30.7. The number of nitrogens with zero attached hydrogens (tertiary/aromatic N) is 3. The van der Waals surface area contributed by atoms with Gasteiger partial charge in [0.2, 0.25) is 5.91 Å². The lowest BCUT2D eigenvalue weighted by atomic mass is 10.0. The van der Waals surface area contributed by atoms with E-state index >= 15 is 0 Å². The Hall–Kier alpha value is -3.72. The SMILES string of the molecule is O=C(N[C@@H](CO)C(=O)N1CCc2c([nH]c3ccccc23)C1)c1ccc2n[nH]nc2c1. The maximum atomic E-state index is 13.0. The van der Waals surface area contributed by atoms with E-state index in [1.165, 1.54) is 10.9 Å². The predicted molar refractivity (Wildman–Crippen MR) is 110 cm³/mol. The number of aromatic amines is 2. The largest absolute Gasteiger partial charge is 0.394 e. The molecule has 4 N–H and O–H groups in total. The zero-order valence-electron chi connectivity index (χ0n) is 16.1. The van der Waals surface area contributed by atoms with Gasteiger partial charge in [-0.15, -0.1) is 0 Å².